The average Bonchev–Trinajstić information content (AvgIpc) is 2.38. The van der Waals surface area contributed by atoms with Crippen molar-refractivity contribution in [2.45, 2.75) is 39.5 Å². The highest BCUT2D eigenvalue weighted by molar-refractivity contribution is 5.78. The van der Waals surface area contributed by atoms with Crippen LogP contribution in [0.5, 0.6) is 5.75 Å². The highest BCUT2D eigenvalue weighted by Gasteiger charge is 2.26. The Bertz CT molecular complexity index is 436. The van der Waals surface area contributed by atoms with E-state index in [1.165, 1.54) is 7.11 Å². The maximum atomic E-state index is 11.9. The van der Waals surface area contributed by atoms with Crippen LogP contribution in [0.4, 0.5) is 0 Å². The molecule has 1 atom stereocenters. The van der Waals surface area contributed by atoms with Crippen LogP contribution in [0.3, 0.4) is 0 Å². The number of rotatable bonds is 5. The Morgan fingerprint density at radius 3 is 2.16 bits per heavy atom. The Morgan fingerprint density at radius 2 is 1.74 bits per heavy atom. The van der Waals surface area contributed by atoms with Crippen LogP contribution in [0.15, 0.2) is 18.2 Å². The van der Waals surface area contributed by atoms with Gasteiger partial charge in [0, 0.05) is 0 Å². The highest BCUT2D eigenvalue weighted by Crippen LogP contribution is 2.33. The number of ether oxygens (including phenoxy) is 2. The Morgan fingerprint density at radius 1 is 1.11 bits per heavy atom. The van der Waals surface area contributed by atoms with Crippen molar-refractivity contribution < 1.29 is 14.3 Å². The molecule has 0 aliphatic rings. The maximum absolute atomic E-state index is 11.9. The van der Waals surface area contributed by atoms with Crippen LogP contribution in [0.2, 0.25) is 0 Å². The van der Waals surface area contributed by atoms with E-state index >= 15 is 0 Å². The molecule has 0 fully saturated rings. The Kier molecular flexibility index (Phi) is 5.40. The molecule has 3 heteroatoms. The molecule has 1 unspecified atom stereocenters. The average molecular weight is 264 g/mol. The van der Waals surface area contributed by atoms with Gasteiger partial charge in [-0.1, -0.05) is 39.8 Å². The maximum Gasteiger partial charge on any atom is 0.313 e. The second-order valence-electron chi connectivity index (χ2n) is 5.40. The van der Waals surface area contributed by atoms with E-state index in [9.17, 15) is 4.79 Å². The highest BCUT2D eigenvalue weighted by atomic mass is 16.5. The Hall–Kier alpha value is -1.51. The topological polar surface area (TPSA) is 35.5 Å². The fraction of sp³-hybridized carbons (Fsp3) is 0.562. The van der Waals surface area contributed by atoms with E-state index in [1.807, 2.05) is 26.0 Å². The fourth-order valence-electron chi connectivity index (χ4n) is 2.32. The van der Waals surface area contributed by atoms with Crippen molar-refractivity contribution in [3.05, 3.63) is 29.3 Å². The molecule has 0 amide bonds. The molecular formula is C16H24O3. The summed E-state index contributed by atoms with van der Waals surface area (Å²) in [6.07, 6.45) is 0. The van der Waals surface area contributed by atoms with Crippen molar-refractivity contribution in [2.75, 3.05) is 14.2 Å². The molecule has 0 N–H and O–H groups in total. The third kappa shape index (κ3) is 3.49. The quantitative estimate of drug-likeness (QED) is 0.760. The number of methoxy groups -OCH3 is 2. The normalized spacial score (nSPS) is 12.6. The molecule has 0 aromatic heterocycles. The lowest BCUT2D eigenvalue weighted by Crippen LogP contribution is -2.19. The number of benzene rings is 1. The molecule has 0 aliphatic heterocycles. The van der Waals surface area contributed by atoms with Gasteiger partial charge in [0.15, 0.2) is 0 Å². The van der Waals surface area contributed by atoms with E-state index in [-0.39, 0.29) is 17.8 Å². The second-order valence-corrected chi connectivity index (χ2v) is 5.40. The zero-order valence-corrected chi connectivity index (χ0v) is 12.7. The van der Waals surface area contributed by atoms with Gasteiger partial charge >= 0.3 is 5.97 Å². The van der Waals surface area contributed by atoms with Crippen molar-refractivity contribution in [2.24, 2.45) is 5.92 Å². The zero-order chi connectivity index (χ0) is 14.6. The molecular weight excluding hydrogens is 240 g/mol. The van der Waals surface area contributed by atoms with Crippen molar-refractivity contribution in [3.8, 4) is 5.75 Å². The first kappa shape index (κ1) is 15.5. The summed E-state index contributed by atoms with van der Waals surface area (Å²) < 4.78 is 10.3. The van der Waals surface area contributed by atoms with E-state index in [4.69, 9.17) is 9.47 Å². The van der Waals surface area contributed by atoms with Crippen LogP contribution in [0, 0.1) is 5.92 Å². The van der Waals surface area contributed by atoms with Gasteiger partial charge in [-0.05, 0) is 29.0 Å². The molecule has 1 aromatic carbocycles. The molecule has 0 radical (unpaired) electrons. The molecule has 106 valence electrons. The van der Waals surface area contributed by atoms with Crippen molar-refractivity contribution in [1.29, 1.82) is 0 Å². The van der Waals surface area contributed by atoms with E-state index in [2.05, 4.69) is 19.9 Å². The Balaban J connectivity index is 3.25. The van der Waals surface area contributed by atoms with E-state index in [1.54, 1.807) is 7.11 Å². The van der Waals surface area contributed by atoms with Crippen molar-refractivity contribution in [1.82, 2.24) is 0 Å². The number of carbonyl (C=O) groups is 1. The number of hydrogen-bond acceptors (Lipinski definition) is 3. The smallest absolute Gasteiger partial charge is 0.313 e. The number of carbonyl (C=O) groups excluding carboxylic acids is 1. The molecule has 0 bridgehead atoms. The minimum atomic E-state index is -0.228. The molecule has 19 heavy (non-hydrogen) atoms. The second kappa shape index (κ2) is 6.60. The molecule has 0 heterocycles. The molecule has 1 rings (SSSR count). The zero-order valence-electron chi connectivity index (χ0n) is 12.7. The predicted molar refractivity (Wildman–Crippen MR) is 76.7 cm³/mol. The molecule has 0 aliphatic carbocycles. The summed E-state index contributed by atoms with van der Waals surface area (Å²) in [5.74, 6) is 0.996. The van der Waals surface area contributed by atoms with Gasteiger partial charge in [-0.25, -0.2) is 0 Å². The van der Waals surface area contributed by atoms with Gasteiger partial charge in [0.1, 0.15) is 5.75 Å². The first-order chi connectivity index (χ1) is 8.92. The van der Waals surface area contributed by atoms with Crippen LogP contribution in [-0.2, 0) is 9.53 Å². The molecule has 1 aromatic rings. The lowest BCUT2D eigenvalue weighted by atomic mass is 9.86. The van der Waals surface area contributed by atoms with E-state index < -0.39 is 0 Å². The third-order valence-electron chi connectivity index (χ3n) is 3.36. The van der Waals surface area contributed by atoms with E-state index in [0.29, 0.717) is 5.92 Å². The van der Waals surface area contributed by atoms with Crippen molar-refractivity contribution >= 4 is 5.97 Å². The minimum absolute atomic E-state index is 0.185. The standard InChI is InChI=1S/C16H24O3/c1-10(2)13-9-12(7-8-14(13)18-5)15(11(3)4)16(17)19-6/h7-11,15H,1-6H3. The van der Waals surface area contributed by atoms with Crippen molar-refractivity contribution in [3.63, 3.8) is 0 Å². The molecule has 0 spiro atoms. The first-order valence-electron chi connectivity index (χ1n) is 6.68. The summed E-state index contributed by atoms with van der Waals surface area (Å²) in [7, 11) is 3.10. The van der Waals surface area contributed by atoms with Gasteiger partial charge in [-0.15, -0.1) is 0 Å². The van der Waals surface area contributed by atoms with E-state index in [0.717, 1.165) is 16.9 Å². The van der Waals surface area contributed by atoms with Gasteiger partial charge in [-0.2, -0.15) is 0 Å². The summed E-state index contributed by atoms with van der Waals surface area (Å²) in [6.45, 7) is 8.29. The minimum Gasteiger partial charge on any atom is -0.496 e. The third-order valence-corrected chi connectivity index (χ3v) is 3.36. The number of hydrogen-bond donors (Lipinski definition) is 0. The summed E-state index contributed by atoms with van der Waals surface area (Å²) in [6, 6.07) is 5.94. The molecule has 3 nitrogen and oxygen atoms in total. The summed E-state index contributed by atoms with van der Waals surface area (Å²) in [5, 5.41) is 0. The van der Waals surface area contributed by atoms with Crippen LogP contribution in [0.1, 0.15) is 50.7 Å². The molecule has 0 saturated carbocycles. The van der Waals surface area contributed by atoms with Crippen LogP contribution >= 0.6 is 0 Å². The van der Waals surface area contributed by atoms with Crippen LogP contribution < -0.4 is 4.74 Å². The summed E-state index contributed by atoms with van der Waals surface area (Å²) in [5.41, 5.74) is 2.11. The fourth-order valence-corrected chi connectivity index (χ4v) is 2.32. The van der Waals surface area contributed by atoms with Crippen LogP contribution in [0.25, 0.3) is 0 Å². The van der Waals surface area contributed by atoms with Gasteiger partial charge in [-0.3, -0.25) is 4.79 Å². The Labute approximate surface area is 115 Å². The summed E-state index contributed by atoms with van der Waals surface area (Å²) >= 11 is 0. The first-order valence-corrected chi connectivity index (χ1v) is 6.68. The van der Waals surface area contributed by atoms with Gasteiger partial charge in [0.2, 0.25) is 0 Å². The molecule has 0 saturated heterocycles. The lowest BCUT2D eigenvalue weighted by molar-refractivity contribution is -0.143. The largest absolute Gasteiger partial charge is 0.496 e. The summed E-state index contributed by atoms with van der Waals surface area (Å²) in [4.78, 5) is 11.9. The number of esters is 1. The van der Waals surface area contributed by atoms with Gasteiger partial charge in [0.05, 0.1) is 20.1 Å². The van der Waals surface area contributed by atoms with Gasteiger partial charge in [0.25, 0.3) is 0 Å². The van der Waals surface area contributed by atoms with Crippen LogP contribution in [-0.4, -0.2) is 20.2 Å². The van der Waals surface area contributed by atoms with Gasteiger partial charge < -0.3 is 9.47 Å². The lowest BCUT2D eigenvalue weighted by Gasteiger charge is -2.21. The monoisotopic (exact) mass is 264 g/mol. The predicted octanol–water partition coefficient (Wildman–Crippen LogP) is 3.73. The SMILES string of the molecule is COC(=O)C(c1ccc(OC)c(C(C)C)c1)C(C)C.